The maximum Gasteiger partial charge on any atom is 0.343 e. The maximum atomic E-state index is 13.6. The summed E-state index contributed by atoms with van der Waals surface area (Å²) in [7, 11) is 0. The van der Waals surface area contributed by atoms with Crippen LogP contribution in [0.1, 0.15) is 74.4 Å². The summed E-state index contributed by atoms with van der Waals surface area (Å²) < 4.78 is 17.3. The normalized spacial score (nSPS) is 17.8. The Morgan fingerprint density at radius 2 is 1.78 bits per heavy atom. The number of likely N-dealkylation sites (tertiary alicyclic amines) is 1. The number of ether oxygens (including phenoxy) is 2. The number of hydrogen-bond donors (Lipinski definition) is 0. The molecule has 0 spiro atoms. The van der Waals surface area contributed by atoms with E-state index >= 15 is 0 Å². The van der Waals surface area contributed by atoms with Crippen LogP contribution in [0.5, 0.6) is 5.75 Å². The summed E-state index contributed by atoms with van der Waals surface area (Å²) >= 11 is 0. The molecule has 36 heavy (non-hydrogen) atoms. The van der Waals surface area contributed by atoms with E-state index < -0.39 is 11.4 Å². The van der Waals surface area contributed by atoms with E-state index in [0.29, 0.717) is 30.2 Å². The Kier molecular flexibility index (Phi) is 7.88. The molecule has 2 aromatic rings. The summed E-state index contributed by atoms with van der Waals surface area (Å²) in [5, 5.41) is 0. The van der Waals surface area contributed by atoms with Crippen molar-refractivity contribution in [3.63, 3.8) is 0 Å². The summed E-state index contributed by atoms with van der Waals surface area (Å²) in [6, 6.07) is 9.15. The van der Waals surface area contributed by atoms with E-state index in [1.165, 1.54) is 19.3 Å². The van der Waals surface area contributed by atoms with Gasteiger partial charge in [-0.2, -0.15) is 0 Å². The minimum atomic E-state index is -0.506. The van der Waals surface area contributed by atoms with Gasteiger partial charge < -0.3 is 18.8 Å². The van der Waals surface area contributed by atoms with Crippen molar-refractivity contribution in [3.05, 3.63) is 59.2 Å². The van der Waals surface area contributed by atoms with E-state index in [0.717, 1.165) is 30.9 Å². The molecule has 4 rings (SSSR count). The number of furan rings is 1. The predicted molar refractivity (Wildman–Crippen MR) is 139 cm³/mol. The average Bonchev–Trinajstić information content (AvgIpc) is 3.19. The molecule has 1 saturated heterocycles. The molecule has 1 aromatic carbocycles. The van der Waals surface area contributed by atoms with Crippen LogP contribution in [-0.4, -0.2) is 60.6 Å². The van der Waals surface area contributed by atoms with Gasteiger partial charge in [0, 0.05) is 35.8 Å². The van der Waals surface area contributed by atoms with Gasteiger partial charge >= 0.3 is 5.97 Å². The second-order valence-corrected chi connectivity index (χ2v) is 10.7. The van der Waals surface area contributed by atoms with Crippen LogP contribution in [0, 0.1) is 6.92 Å². The van der Waals surface area contributed by atoms with Crippen LogP contribution in [0.2, 0.25) is 0 Å². The number of amides is 1. The molecule has 0 N–H and O–H groups in total. The van der Waals surface area contributed by atoms with Crippen molar-refractivity contribution in [1.29, 1.82) is 0 Å². The summed E-state index contributed by atoms with van der Waals surface area (Å²) in [5.41, 5.74) is 1.23. The summed E-state index contributed by atoms with van der Waals surface area (Å²) in [6.07, 6.45) is 5.12. The SMILES string of the molecule is Cc1cc2c(o1)C(C(=O)OC(C)C)=CN(C(=O)c1ccc(OCCN3CCCCC3)cc1)CC2(C)C. The molecule has 0 saturated carbocycles. The van der Waals surface area contributed by atoms with Gasteiger partial charge in [-0.15, -0.1) is 0 Å². The Balaban J connectivity index is 1.51. The van der Waals surface area contributed by atoms with Crippen LogP contribution in [0.25, 0.3) is 5.57 Å². The van der Waals surface area contributed by atoms with E-state index in [2.05, 4.69) is 4.90 Å². The molecular weight excluding hydrogens is 456 g/mol. The average molecular weight is 495 g/mol. The van der Waals surface area contributed by atoms with Crippen LogP contribution in [0.15, 0.2) is 40.9 Å². The highest BCUT2D eigenvalue weighted by Gasteiger charge is 2.37. The largest absolute Gasteiger partial charge is 0.492 e. The lowest BCUT2D eigenvalue weighted by Gasteiger charge is -2.29. The van der Waals surface area contributed by atoms with Crippen molar-refractivity contribution < 1.29 is 23.5 Å². The first-order chi connectivity index (χ1) is 17.1. The number of hydrogen-bond acceptors (Lipinski definition) is 6. The van der Waals surface area contributed by atoms with Gasteiger partial charge in [0.15, 0.2) is 0 Å². The van der Waals surface area contributed by atoms with Gasteiger partial charge in [0.25, 0.3) is 5.91 Å². The number of nitrogens with zero attached hydrogens (tertiary/aromatic N) is 2. The summed E-state index contributed by atoms with van der Waals surface area (Å²) in [6.45, 7) is 13.8. The molecule has 1 aromatic heterocycles. The molecule has 2 aliphatic heterocycles. The van der Waals surface area contributed by atoms with Gasteiger partial charge in [-0.1, -0.05) is 20.3 Å². The Morgan fingerprint density at radius 1 is 1.08 bits per heavy atom. The van der Waals surface area contributed by atoms with Crippen LogP contribution < -0.4 is 4.74 Å². The molecule has 194 valence electrons. The van der Waals surface area contributed by atoms with Crippen LogP contribution in [0.4, 0.5) is 0 Å². The number of piperidine rings is 1. The van der Waals surface area contributed by atoms with Gasteiger partial charge in [0.1, 0.15) is 29.4 Å². The minimum absolute atomic E-state index is 0.195. The second-order valence-electron chi connectivity index (χ2n) is 10.7. The minimum Gasteiger partial charge on any atom is -0.492 e. The fourth-order valence-electron chi connectivity index (χ4n) is 4.88. The van der Waals surface area contributed by atoms with E-state index in [9.17, 15) is 9.59 Å². The molecule has 7 nitrogen and oxygen atoms in total. The third kappa shape index (κ3) is 6.01. The Bertz CT molecular complexity index is 1110. The van der Waals surface area contributed by atoms with Crippen LogP contribution in [-0.2, 0) is 14.9 Å². The number of benzene rings is 1. The Labute approximate surface area is 214 Å². The highest BCUT2D eigenvalue weighted by molar-refractivity contribution is 6.17. The molecule has 7 heteroatoms. The fourth-order valence-corrected chi connectivity index (χ4v) is 4.88. The molecule has 0 unspecified atom stereocenters. The van der Waals surface area contributed by atoms with Crippen molar-refractivity contribution in [2.75, 3.05) is 32.8 Å². The molecule has 0 radical (unpaired) electrons. The monoisotopic (exact) mass is 494 g/mol. The molecule has 2 aliphatic rings. The molecule has 3 heterocycles. The number of carbonyl (C=O) groups is 2. The van der Waals surface area contributed by atoms with Gasteiger partial charge in [-0.25, -0.2) is 4.79 Å². The quantitative estimate of drug-likeness (QED) is 0.494. The lowest BCUT2D eigenvalue weighted by atomic mass is 9.83. The number of esters is 1. The molecule has 0 aliphatic carbocycles. The molecular formula is C29H38N2O5. The van der Waals surface area contributed by atoms with Crippen molar-refractivity contribution in [3.8, 4) is 5.75 Å². The van der Waals surface area contributed by atoms with Crippen LogP contribution >= 0.6 is 0 Å². The molecule has 0 atom stereocenters. The highest BCUT2D eigenvalue weighted by atomic mass is 16.5. The first-order valence-electron chi connectivity index (χ1n) is 12.9. The third-order valence-corrected chi connectivity index (χ3v) is 6.73. The first-order valence-corrected chi connectivity index (χ1v) is 12.9. The lowest BCUT2D eigenvalue weighted by Crippen LogP contribution is -2.36. The zero-order valence-electron chi connectivity index (χ0n) is 22.1. The molecule has 0 bridgehead atoms. The second kappa shape index (κ2) is 10.9. The zero-order chi connectivity index (χ0) is 25.9. The number of rotatable bonds is 7. The van der Waals surface area contributed by atoms with Crippen molar-refractivity contribution in [2.45, 2.75) is 65.4 Å². The smallest absolute Gasteiger partial charge is 0.343 e. The van der Waals surface area contributed by atoms with Gasteiger partial charge in [0.05, 0.1) is 6.10 Å². The van der Waals surface area contributed by atoms with Gasteiger partial charge in [-0.3, -0.25) is 9.69 Å². The fraction of sp³-hybridized carbons (Fsp3) is 0.517. The molecule has 1 amide bonds. The topological polar surface area (TPSA) is 72.2 Å². The van der Waals surface area contributed by atoms with Crippen molar-refractivity contribution >= 4 is 17.4 Å². The third-order valence-electron chi connectivity index (χ3n) is 6.73. The van der Waals surface area contributed by atoms with Gasteiger partial charge in [0.2, 0.25) is 0 Å². The molecule has 1 fully saturated rings. The summed E-state index contributed by atoms with van der Waals surface area (Å²) in [4.78, 5) is 30.6. The lowest BCUT2D eigenvalue weighted by molar-refractivity contribution is -0.140. The van der Waals surface area contributed by atoms with E-state index in [-0.39, 0.29) is 17.6 Å². The number of fused-ring (bicyclic) bond motifs is 1. The maximum absolute atomic E-state index is 13.6. The van der Waals surface area contributed by atoms with Crippen molar-refractivity contribution in [2.24, 2.45) is 0 Å². The summed E-state index contributed by atoms with van der Waals surface area (Å²) in [5.74, 6) is 1.22. The Hall–Kier alpha value is -3.06. The van der Waals surface area contributed by atoms with E-state index in [1.807, 2.05) is 39.0 Å². The van der Waals surface area contributed by atoms with Gasteiger partial charge in [-0.05, 0) is 77.0 Å². The van der Waals surface area contributed by atoms with Crippen molar-refractivity contribution in [1.82, 2.24) is 9.80 Å². The predicted octanol–water partition coefficient (Wildman–Crippen LogP) is 5.18. The highest BCUT2D eigenvalue weighted by Crippen LogP contribution is 2.38. The zero-order valence-corrected chi connectivity index (χ0v) is 22.1. The standard InChI is InChI=1S/C29H38N2O5/c1-20(2)35-28(33)24-18-31(19-29(4,5)25-17-21(3)36-26(24)25)27(32)22-9-11-23(12-10-22)34-16-15-30-13-7-6-8-14-30/h9-12,17-18,20H,6-8,13-16,19H2,1-5H3. The van der Waals surface area contributed by atoms with Crippen LogP contribution in [0.3, 0.4) is 0 Å². The Morgan fingerprint density at radius 3 is 2.44 bits per heavy atom. The van der Waals surface area contributed by atoms with E-state index in [4.69, 9.17) is 13.9 Å². The first kappa shape index (κ1) is 26.0. The van der Waals surface area contributed by atoms with E-state index in [1.54, 1.807) is 37.1 Å². The number of carbonyl (C=O) groups excluding carboxylic acids is 2. The number of aryl methyl sites for hydroxylation is 1.